The summed E-state index contributed by atoms with van der Waals surface area (Å²) in [5, 5.41) is 12.7. The molecule has 2 amide bonds. The number of fused-ring (bicyclic) bond motifs is 2. The summed E-state index contributed by atoms with van der Waals surface area (Å²) < 4.78 is 57.2. The molecular formula is C32H36F3N5O5. The largest absolute Gasteiger partial charge is 0.484 e. The minimum atomic E-state index is -4.53. The van der Waals surface area contributed by atoms with Crippen LogP contribution in [-0.4, -0.2) is 91.4 Å². The molecule has 10 nitrogen and oxygen atoms in total. The highest BCUT2D eigenvalue weighted by Gasteiger charge is 2.59. The molecule has 0 bridgehead atoms. The highest BCUT2D eigenvalue weighted by molar-refractivity contribution is 5.87. The van der Waals surface area contributed by atoms with Gasteiger partial charge in [-0.2, -0.15) is 18.4 Å². The molecule has 1 aliphatic carbocycles. The van der Waals surface area contributed by atoms with E-state index in [1.807, 2.05) is 6.07 Å². The molecule has 2 aromatic rings. The van der Waals surface area contributed by atoms with E-state index in [-0.39, 0.29) is 55.6 Å². The van der Waals surface area contributed by atoms with Crippen molar-refractivity contribution in [3.05, 3.63) is 58.9 Å². The van der Waals surface area contributed by atoms with E-state index >= 15 is 0 Å². The number of nitrogens with one attached hydrogen (secondary N) is 1. The Morgan fingerprint density at radius 3 is 2.78 bits per heavy atom. The number of aromatic nitrogens is 1. The Hall–Kier alpha value is -3.73. The minimum absolute atomic E-state index is 0.00225. The van der Waals surface area contributed by atoms with Gasteiger partial charge in [0.25, 0.3) is 5.91 Å². The van der Waals surface area contributed by atoms with Crippen molar-refractivity contribution in [1.82, 2.24) is 20.1 Å². The maximum absolute atomic E-state index is 14.5. The summed E-state index contributed by atoms with van der Waals surface area (Å²) in [4.78, 5) is 35.2. The first-order valence-electron chi connectivity index (χ1n) is 15.2. The maximum Gasteiger partial charge on any atom is 0.417 e. The van der Waals surface area contributed by atoms with E-state index in [0.29, 0.717) is 68.1 Å². The first-order chi connectivity index (χ1) is 21.6. The first-order valence-corrected chi connectivity index (χ1v) is 15.2. The lowest BCUT2D eigenvalue weighted by Gasteiger charge is -2.37. The van der Waals surface area contributed by atoms with E-state index in [9.17, 15) is 22.8 Å². The summed E-state index contributed by atoms with van der Waals surface area (Å²) in [6.45, 7) is 1.85. The molecule has 45 heavy (non-hydrogen) atoms. The lowest BCUT2D eigenvalue weighted by Crippen LogP contribution is -2.52. The van der Waals surface area contributed by atoms with Crippen molar-refractivity contribution < 1.29 is 37.0 Å². The molecule has 4 heterocycles. The third-order valence-corrected chi connectivity index (χ3v) is 9.71. The Kier molecular flexibility index (Phi) is 8.74. The van der Waals surface area contributed by atoms with Gasteiger partial charge in [0.1, 0.15) is 5.75 Å². The van der Waals surface area contributed by atoms with Crippen LogP contribution in [0.25, 0.3) is 0 Å². The number of hydrogen-bond acceptors (Lipinski definition) is 8. The summed E-state index contributed by atoms with van der Waals surface area (Å²) in [7, 11) is 1.65. The zero-order chi connectivity index (χ0) is 31.8. The second kappa shape index (κ2) is 12.6. The van der Waals surface area contributed by atoms with Gasteiger partial charge in [-0.3, -0.25) is 14.6 Å². The van der Waals surface area contributed by atoms with Gasteiger partial charge < -0.3 is 29.3 Å². The van der Waals surface area contributed by atoms with Crippen LogP contribution in [0.1, 0.15) is 41.6 Å². The van der Waals surface area contributed by atoms with Crippen molar-refractivity contribution in [2.75, 3.05) is 46.6 Å². The maximum atomic E-state index is 14.5. The monoisotopic (exact) mass is 627 g/mol. The van der Waals surface area contributed by atoms with Crippen LogP contribution in [0.15, 0.2) is 36.5 Å². The number of benzene rings is 1. The molecule has 1 aromatic carbocycles. The number of carbonyl (C=O) groups is 2. The summed E-state index contributed by atoms with van der Waals surface area (Å²) in [5.74, 6) is -0.0706. The molecule has 1 N–H and O–H groups in total. The zero-order valence-electron chi connectivity index (χ0n) is 25.0. The number of amides is 2. The SMILES string of the molecule is COC1COCCC1N[C@@H]1C[C@H]2CN(C(=O)COc3ccc(C#N)cc3)C[C@@]2(C(=O)N2CCc3ncc(C(F)(F)F)cc3C2)C1. The van der Waals surface area contributed by atoms with Gasteiger partial charge in [-0.15, -0.1) is 0 Å². The predicted octanol–water partition coefficient (Wildman–Crippen LogP) is 2.94. The van der Waals surface area contributed by atoms with E-state index in [2.05, 4.69) is 10.3 Å². The van der Waals surface area contributed by atoms with Crippen molar-refractivity contribution in [2.24, 2.45) is 11.3 Å². The Morgan fingerprint density at radius 1 is 1.24 bits per heavy atom. The molecule has 4 aliphatic rings. The van der Waals surface area contributed by atoms with Gasteiger partial charge in [0.05, 0.1) is 35.3 Å². The molecule has 2 saturated heterocycles. The standard InChI is InChI=1S/C32H36F3N5O5/c1-43-28-17-44-9-7-27(28)38-24-11-23-16-40(29(41)18-45-25-4-2-20(13-36)3-5-25)19-31(23,12-24)30(42)39-8-6-26-21(15-39)10-22(14-37-26)32(33,34)35/h2-5,10,14,23-24,27-28,38H,6-9,11-12,15-19H2,1H3/t23-,24+,27?,28?,31-/m0/s1. The van der Waals surface area contributed by atoms with E-state index in [0.717, 1.165) is 18.7 Å². The number of carbonyl (C=O) groups excluding carboxylic acids is 2. The number of halogens is 3. The van der Waals surface area contributed by atoms with Crippen LogP contribution < -0.4 is 10.1 Å². The third kappa shape index (κ3) is 6.36. The first kappa shape index (κ1) is 31.3. The molecule has 1 saturated carbocycles. The van der Waals surface area contributed by atoms with Crippen LogP contribution in [0.4, 0.5) is 13.2 Å². The molecule has 5 atom stereocenters. The third-order valence-electron chi connectivity index (χ3n) is 9.71. The normalized spacial score (nSPS) is 27.9. The van der Waals surface area contributed by atoms with Crippen LogP contribution in [0.5, 0.6) is 5.75 Å². The number of pyridine rings is 1. The second-order valence-corrected chi connectivity index (χ2v) is 12.4. The van der Waals surface area contributed by atoms with Gasteiger partial charge >= 0.3 is 6.18 Å². The molecule has 0 spiro atoms. The Labute approximate surface area is 259 Å². The van der Waals surface area contributed by atoms with E-state index < -0.39 is 17.2 Å². The summed E-state index contributed by atoms with van der Waals surface area (Å²) >= 11 is 0. The molecule has 240 valence electrons. The van der Waals surface area contributed by atoms with Crippen molar-refractivity contribution in [3.8, 4) is 11.8 Å². The number of methoxy groups -OCH3 is 1. The highest BCUT2D eigenvalue weighted by atomic mass is 19.4. The van der Waals surface area contributed by atoms with Crippen LogP contribution in [0.3, 0.4) is 0 Å². The van der Waals surface area contributed by atoms with Crippen molar-refractivity contribution >= 4 is 11.8 Å². The van der Waals surface area contributed by atoms with Crippen LogP contribution >= 0.6 is 0 Å². The number of nitriles is 1. The van der Waals surface area contributed by atoms with Crippen molar-refractivity contribution in [2.45, 2.75) is 56.6 Å². The van der Waals surface area contributed by atoms with Crippen molar-refractivity contribution in [1.29, 1.82) is 5.26 Å². The second-order valence-electron chi connectivity index (χ2n) is 12.4. The quantitative estimate of drug-likeness (QED) is 0.498. The van der Waals surface area contributed by atoms with E-state index in [1.54, 1.807) is 41.2 Å². The van der Waals surface area contributed by atoms with E-state index in [4.69, 9.17) is 19.5 Å². The fraction of sp³-hybridized carbons (Fsp3) is 0.562. The van der Waals surface area contributed by atoms with Gasteiger partial charge in [-0.1, -0.05) is 0 Å². The summed E-state index contributed by atoms with van der Waals surface area (Å²) in [6.07, 6.45) is -1.49. The Bertz CT molecular complexity index is 1460. The van der Waals surface area contributed by atoms with Crippen molar-refractivity contribution in [3.63, 3.8) is 0 Å². The molecular weight excluding hydrogens is 591 g/mol. The average Bonchev–Trinajstić information content (AvgIpc) is 3.58. The Balaban J connectivity index is 1.20. The van der Waals surface area contributed by atoms with Crippen LogP contribution in [0.2, 0.25) is 0 Å². The summed E-state index contributed by atoms with van der Waals surface area (Å²) in [5.41, 5.74) is -0.270. The van der Waals surface area contributed by atoms with Crippen LogP contribution in [0, 0.1) is 22.7 Å². The van der Waals surface area contributed by atoms with Gasteiger partial charge in [0.15, 0.2) is 6.61 Å². The molecule has 0 radical (unpaired) electrons. The van der Waals surface area contributed by atoms with Gasteiger partial charge in [-0.05, 0) is 61.1 Å². The number of alkyl halides is 3. The predicted molar refractivity (Wildman–Crippen MR) is 154 cm³/mol. The van der Waals surface area contributed by atoms with E-state index in [1.165, 1.54) is 0 Å². The zero-order valence-corrected chi connectivity index (χ0v) is 25.0. The summed E-state index contributed by atoms with van der Waals surface area (Å²) in [6, 6.07) is 9.67. The molecule has 3 aliphatic heterocycles. The smallest absolute Gasteiger partial charge is 0.417 e. The number of ether oxygens (including phenoxy) is 3. The minimum Gasteiger partial charge on any atom is -0.484 e. The Morgan fingerprint density at radius 2 is 2.04 bits per heavy atom. The number of likely N-dealkylation sites (tertiary alicyclic amines) is 1. The van der Waals surface area contributed by atoms with Gasteiger partial charge in [0, 0.05) is 70.3 Å². The molecule has 3 fully saturated rings. The highest BCUT2D eigenvalue weighted by Crippen LogP contribution is 2.51. The molecule has 6 rings (SSSR count). The number of rotatable bonds is 7. The topological polar surface area (TPSA) is 117 Å². The lowest BCUT2D eigenvalue weighted by atomic mass is 9.78. The fourth-order valence-electron chi connectivity index (χ4n) is 7.39. The van der Waals surface area contributed by atoms with Crippen LogP contribution in [-0.2, 0) is 38.2 Å². The fourth-order valence-corrected chi connectivity index (χ4v) is 7.39. The average molecular weight is 628 g/mol. The number of nitrogens with zero attached hydrogens (tertiary/aromatic N) is 4. The number of hydrogen-bond donors (Lipinski definition) is 1. The van der Waals surface area contributed by atoms with Gasteiger partial charge in [-0.25, -0.2) is 0 Å². The molecule has 1 aromatic heterocycles. The molecule has 13 heteroatoms. The molecule has 2 unspecified atom stereocenters. The van der Waals surface area contributed by atoms with Gasteiger partial charge in [0.2, 0.25) is 5.91 Å². The lowest BCUT2D eigenvalue weighted by molar-refractivity contribution is -0.144.